The fourth-order valence-corrected chi connectivity index (χ4v) is 3.28. The van der Waals surface area contributed by atoms with Crippen LogP contribution in [0.4, 0.5) is 0 Å². The fourth-order valence-electron chi connectivity index (χ4n) is 3.28. The highest BCUT2D eigenvalue weighted by Crippen LogP contribution is 2.21. The first-order valence-electron chi connectivity index (χ1n) is 8.94. The van der Waals surface area contributed by atoms with Gasteiger partial charge >= 0.3 is 0 Å². The molecule has 148 valence electrons. The smallest absolute Gasteiger partial charge is 0.284 e. The molecule has 1 fully saturated rings. The maximum atomic E-state index is 11.1. The highest BCUT2D eigenvalue weighted by molar-refractivity contribution is 14.0. The number of carbonyl (C=O) groups is 1. The molecule has 1 saturated heterocycles. The minimum Gasteiger partial charge on any atom is -0.454 e. The van der Waals surface area contributed by atoms with Crippen molar-refractivity contribution in [2.24, 2.45) is 23.7 Å². The molecule has 8 nitrogen and oxygen atoms in total. The lowest BCUT2D eigenvalue weighted by Crippen LogP contribution is -2.40. The predicted octanol–water partition coefficient (Wildman–Crippen LogP) is 1.76. The third-order valence-electron chi connectivity index (χ3n) is 4.49. The molecule has 3 N–H and O–H groups in total. The molecule has 0 spiro atoms. The van der Waals surface area contributed by atoms with Crippen molar-refractivity contribution in [3.05, 3.63) is 41.6 Å². The van der Waals surface area contributed by atoms with Crippen molar-refractivity contribution in [1.82, 2.24) is 20.0 Å². The van der Waals surface area contributed by atoms with Gasteiger partial charge in [-0.1, -0.05) is 0 Å². The van der Waals surface area contributed by atoms with Gasteiger partial charge in [0.25, 0.3) is 5.91 Å². The van der Waals surface area contributed by atoms with Crippen LogP contribution >= 0.6 is 24.0 Å². The third-order valence-corrected chi connectivity index (χ3v) is 4.49. The van der Waals surface area contributed by atoms with Crippen molar-refractivity contribution in [1.29, 1.82) is 0 Å². The number of nitrogens with one attached hydrogen (secondary N) is 1. The minimum absolute atomic E-state index is 0. The van der Waals surface area contributed by atoms with Crippen LogP contribution in [0.15, 0.2) is 33.9 Å². The van der Waals surface area contributed by atoms with Gasteiger partial charge in [0.1, 0.15) is 12.3 Å². The van der Waals surface area contributed by atoms with Gasteiger partial charge in [-0.15, -0.1) is 24.0 Å². The number of rotatable bonds is 6. The number of aliphatic imine (C=N–C) groups is 1. The summed E-state index contributed by atoms with van der Waals surface area (Å²) in [5, 5.41) is 7.58. The predicted molar refractivity (Wildman–Crippen MR) is 114 cm³/mol. The van der Waals surface area contributed by atoms with Crippen molar-refractivity contribution in [2.75, 3.05) is 19.6 Å². The lowest BCUT2D eigenvalue weighted by Gasteiger charge is -2.21. The Kier molecular flexibility index (Phi) is 7.69. The number of guanidine groups is 1. The molecular formula is C18H27IN6O2. The number of hydrogen-bond donors (Lipinski definition) is 2. The zero-order valence-electron chi connectivity index (χ0n) is 15.7. The van der Waals surface area contributed by atoms with Gasteiger partial charge in [-0.05, 0) is 43.4 Å². The second-order valence-corrected chi connectivity index (χ2v) is 6.63. The molecule has 1 amide bonds. The second-order valence-electron chi connectivity index (χ2n) is 6.63. The molecule has 1 aliphatic rings. The number of hydrogen-bond acceptors (Lipinski definition) is 4. The topological polar surface area (TPSA) is 102 Å². The zero-order valence-corrected chi connectivity index (χ0v) is 18.1. The summed E-state index contributed by atoms with van der Waals surface area (Å²) in [6.45, 7) is 5.16. The van der Waals surface area contributed by atoms with Gasteiger partial charge in [-0.3, -0.25) is 9.48 Å². The summed E-state index contributed by atoms with van der Waals surface area (Å²) in [6, 6.07) is 3.32. The largest absolute Gasteiger partial charge is 0.454 e. The van der Waals surface area contributed by atoms with Gasteiger partial charge in [-0.2, -0.15) is 5.10 Å². The van der Waals surface area contributed by atoms with E-state index >= 15 is 0 Å². The van der Waals surface area contributed by atoms with Gasteiger partial charge in [0.05, 0.1) is 6.20 Å². The Labute approximate surface area is 176 Å². The number of aromatic nitrogens is 2. The standard InChI is InChI=1S/C18H26N6O2.HI/c1-3-20-18(21-10-15-4-5-16(26-15)17(19)25)24-7-6-13(12-24)8-14-9-22-23(2)11-14;/h4-5,9,11,13H,3,6-8,10,12H2,1-2H3,(H2,19,25)(H,20,21);1H. The molecule has 2 aromatic heterocycles. The van der Waals surface area contributed by atoms with Gasteiger partial charge in [0, 0.05) is 32.9 Å². The van der Waals surface area contributed by atoms with Gasteiger partial charge in [-0.25, -0.2) is 4.99 Å². The normalized spacial score (nSPS) is 17.0. The summed E-state index contributed by atoms with van der Waals surface area (Å²) in [4.78, 5) is 18.1. The molecule has 0 bridgehead atoms. The molecular weight excluding hydrogens is 459 g/mol. The Hall–Kier alpha value is -2.04. The van der Waals surface area contributed by atoms with Crippen LogP contribution in [0.25, 0.3) is 0 Å². The first-order valence-corrected chi connectivity index (χ1v) is 8.94. The summed E-state index contributed by atoms with van der Waals surface area (Å²) < 4.78 is 7.25. The number of halogens is 1. The summed E-state index contributed by atoms with van der Waals surface area (Å²) in [6.07, 6.45) is 6.18. The Morgan fingerprint density at radius 2 is 2.30 bits per heavy atom. The third kappa shape index (κ3) is 5.72. The van der Waals surface area contributed by atoms with Crippen molar-refractivity contribution in [2.45, 2.75) is 26.3 Å². The first-order chi connectivity index (χ1) is 12.5. The molecule has 1 atom stereocenters. The number of nitrogens with two attached hydrogens (primary N) is 1. The van der Waals surface area contributed by atoms with Gasteiger partial charge < -0.3 is 20.4 Å². The average molecular weight is 486 g/mol. The van der Waals surface area contributed by atoms with Crippen LogP contribution in [0.5, 0.6) is 0 Å². The van der Waals surface area contributed by atoms with Crippen LogP contribution in [-0.4, -0.2) is 46.2 Å². The van der Waals surface area contributed by atoms with E-state index in [1.165, 1.54) is 5.56 Å². The lowest BCUT2D eigenvalue weighted by atomic mass is 10.0. The van der Waals surface area contributed by atoms with E-state index in [1.54, 1.807) is 12.1 Å². The molecule has 0 aromatic carbocycles. The number of furan rings is 1. The van der Waals surface area contributed by atoms with E-state index in [4.69, 9.17) is 10.2 Å². The van der Waals surface area contributed by atoms with Crippen LogP contribution in [0.1, 0.15) is 35.2 Å². The Morgan fingerprint density at radius 1 is 1.48 bits per heavy atom. The number of carbonyl (C=O) groups excluding carboxylic acids is 1. The quantitative estimate of drug-likeness (QED) is 0.368. The molecule has 27 heavy (non-hydrogen) atoms. The van der Waals surface area contributed by atoms with E-state index in [-0.39, 0.29) is 29.7 Å². The van der Waals surface area contributed by atoms with Crippen LogP contribution in [0.2, 0.25) is 0 Å². The van der Waals surface area contributed by atoms with E-state index < -0.39 is 5.91 Å². The molecule has 1 unspecified atom stereocenters. The summed E-state index contributed by atoms with van der Waals surface area (Å²) in [5.41, 5.74) is 6.49. The van der Waals surface area contributed by atoms with Crippen LogP contribution < -0.4 is 11.1 Å². The van der Waals surface area contributed by atoms with E-state index in [1.807, 2.05) is 17.9 Å². The number of likely N-dealkylation sites (tertiary alicyclic amines) is 1. The molecule has 2 aromatic rings. The lowest BCUT2D eigenvalue weighted by molar-refractivity contribution is 0.0972. The number of nitrogens with zero attached hydrogens (tertiary/aromatic N) is 4. The molecule has 0 radical (unpaired) electrons. The van der Waals surface area contributed by atoms with Gasteiger partial charge in [0.15, 0.2) is 11.7 Å². The molecule has 0 saturated carbocycles. The number of aryl methyl sites for hydroxylation is 1. The van der Waals surface area contributed by atoms with Crippen molar-refractivity contribution in [3.8, 4) is 0 Å². The van der Waals surface area contributed by atoms with E-state index in [0.717, 1.165) is 38.4 Å². The summed E-state index contributed by atoms with van der Waals surface area (Å²) >= 11 is 0. The first kappa shape index (κ1) is 21.3. The van der Waals surface area contributed by atoms with Crippen LogP contribution in [0, 0.1) is 5.92 Å². The Morgan fingerprint density at radius 3 is 2.93 bits per heavy atom. The van der Waals surface area contributed by atoms with Gasteiger partial charge in [0.2, 0.25) is 0 Å². The number of primary amides is 1. The monoisotopic (exact) mass is 486 g/mol. The van der Waals surface area contributed by atoms with Crippen molar-refractivity contribution < 1.29 is 9.21 Å². The fraction of sp³-hybridized carbons (Fsp3) is 0.500. The minimum atomic E-state index is -0.565. The summed E-state index contributed by atoms with van der Waals surface area (Å²) in [7, 11) is 1.94. The molecule has 9 heteroatoms. The molecule has 0 aliphatic carbocycles. The second kappa shape index (κ2) is 9.77. The highest BCUT2D eigenvalue weighted by Gasteiger charge is 2.25. The van der Waals surface area contributed by atoms with Crippen molar-refractivity contribution in [3.63, 3.8) is 0 Å². The van der Waals surface area contributed by atoms with E-state index in [9.17, 15) is 4.79 Å². The van der Waals surface area contributed by atoms with E-state index in [0.29, 0.717) is 18.2 Å². The Bertz CT molecular complexity index is 784. The SMILES string of the molecule is CCNC(=NCc1ccc(C(N)=O)o1)N1CCC(Cc2cnn(C)c2)C1.I. The summed E-state index contributed by atoms with van der Waals surface area (Å²) in [5.74, 6) is 1.69. The zero-order chi connectivity index (χ0) is 18.5. The molecule has 3 rings (SSSR count). The van der Waals surface area contributed by atoms with Crippen molar-refractivity contribution >= 4 is 35.8 Å². The Balaban J connectivity index is 0.00000261. The number of amides is 1. The van der Waals surface area contributed by atoms with Crippen LogP contribution in [0.3, 0.4) is 0 Å². The van der Waals surface area contributed by atoms with Crippen LogP contribution in [-0.2, 0) is 20.0 Å². The maximum Gasteiger partial charge on any atom is 0.284 e. The van der Waals surface area contributed by atoms with E-state index in [2.05, 4.69) is 33.4 Å². The average Bonchev–Trinajstić information content (AvgIpc) is 3.33. The molecule has 3 heterocycles. The highest BCUT2D eigenvalue weighted by atomic mass is 127. The maximum absolute atomic E-state index is 11.1. The molecule has 1 aliphatic heterocycles.